The Morgan fingerprint density at radius 1 is 1.07 bits per heavy atom. The van der Waals surface area contributed by atoms with Crippen LogP contribution in [-0.4, -0.2) is 35.6 Å². The Kier molecular flexibility index (Phi) is 9.16. The van der Waals surface area contributed by atoms with Crippen molar-refractivity contribution in [1.29, 1.82) is 0 Å². The molecule has 7 heteroatoms. The fourth-order valence-corrected chi connectivity index (χ4v) is 4.24. The minimum atomic E-state index is -0.577. The predicted octanol–water partition coefficient (Wildman–Crippen LogP) is 5.03. The van der Waals surface area contributed by atoms with Crippen LogP contribution in [0, 0.1) is 0 Å². The number of rotatable bonds is 9. The van der Waals surface area contributed by atoms with E-state index in [2.05, 4.69) is 5.32 Å². The maximum Gasteiger partial charge on any atom is 0.242 e. The third-order valence-electron chi connectivity index (χ3n) is 4.35. The van der Waals surface area contributed by atoms with Gasteiger partial charge in [-0.15, -0.1) is 11.8 Å². The zero-order valence-electron chi connectivity index (χ0n) is 16.0. The third-order valence-corrected chi connectivity index (χ3v) is 6.07. The average Bonchev–Trinajstić information content (AvgIpc) is 2.70. The number of hydrogen-bond donors (Lipinski definition) is 1. The van der Waals surface area contributed by atoms with Gasteiger partial charge in [-0.25, -0.2) is 0 Å². The molecule has 0 fully saturated rings. The standard InChI is InChI=1S/C21H24Cl2N2O2S/c1-3-19(21(27)24-2)25(14-16-17(22)10-7-11-18(16)23)20(26)12-13-28-15-8-5-4-6-9-15/h4-11,19H,3,12-14H2,1-2H3,(H,24,27). The van der Waals surface area contributed by atoms with Crippen LogP contribution in [0.25, 0.3) is 0 Å². The number of benzene rings is 2. The third kappa shape index (κ3) is 6.16. The Labute approximate surface area is 180 Å². The molecular weight excluding hydrogens is 415 g/mol. The highest BCUT2D eigenvalue weighted by molar-refractivity contribution is 7.99. The van der Waals surface area contributed by atoms with Gasteiger partial charge in [-0.1, -0.05) is 54.4 Å². The Hall–Kier alpha value is -1.69. The van der Waals surface area contributed by atoms with Crippen molar-refractivity contribution < 1.29 is 9.59 Å². The van der Waals surface area contributed by atoms with E-state index in [1.165, 1.54) is 0 Å². The Balaban J connectivity index is 2.17. The Morgan fingerprint density at radius 3 is 2.29 bits per heavy atom. The van der Waals surface area contributed by atoms with Gasteiger partial charge in [-0.3, -0.25) is 9.59 Å². The van der Waals surface area contributed by atoms with E-state index >= 15 is 0 Å². The lowest BCUT2D eigenvalue weighted by molar-refractivity contribution is -0.140. The van der Waals surface area contributed by atoms with Crippen LogP contribution in [0.4, 0.5) is 0 Å². The Morgan fingerprint density at radius 2 is 1.71 bits per heavy atom. The summed E-state index contributed by atoms with van der Waals surface area (Å²) in [5.74, 6) is 0.323. The summed E-state index contributed by atoms with van der Waals surface area (Å²) in [7, 11) is 1.57. The van der Waals surface area contributed by atoms with E-state index in [0.717, 1.165) is 4.90 Å². The van der Waals surface area contributed by atoms with Crippen molar-refractivity contribution in [1.82, 2.24) is 10.2 Å². The number of halogens is 2. The summed E-state index contributed by atoms with van der Waals surface area (Å²) in [5.41, 5.74) is 0.650. The highest BCUT2D eigenvalue weighted by atomic mass is 35.5. The van der Waals surface area contributed by atoms with Gasteiger partial charge in [0.15, 0.2) is 0 Å². The molecule has 0 radical (unpaired) electrons. The maximum absolute atomic E-state index is 13.0. The van der Waals surface area contributed by atoms with Gasteiger partial charge < -0.3 is 10.2 Å². The van der Waals surface area contributed by atoms with Gasteiger partial charge in [0.2, 0.25) is 11.8 Å². The SMILES string of the molecule is CCC(C(=O)NC)N(Cc1c(Cl)cccc1Cl)C(=O)CCSc1ccccc1. The average molecular weight is 439 g/mol. The van der Waals surface area contributed by atoms with Crippen LogP contribution in [0.1, 0.15) is 25.3 Å². The van der Waals surface area contributed by atoms with Crippen molar-refractivity contribution >= 4 is 46.8 Å². The summed E-state index contributed by atoms with van der Waals surface area (Å²) in [6, 6.07) is 14.6. The number of nitrogens with zero attached hydrogens (tertiary/aromatic N) is 1. The first kappa shape index (κ1) is 22.6. The lowest BCUT2D eigenvalue weighted by atomic mass is 10.1. The van der Waals surface area contributed by atoms with Gasteiger partial charge in [-0.05, 0) is 30.7 Å². The quantitative estimate of drug-likeness (QED) is 0.558. The fraction of sp³-hybridized carbons (Fsp3) is 0.333. The van der Waals surface area contributed by atoms with Gasteiger partial charge in [0, 0.05) is 46.3 Å². The highest BCUT2D eigenvalue weighted by Gasteiger charge is 2.28. The number of nitrogens with one attached hydrogen (secondary N) is 1. The lowest BCUT2D eigenvalue weighted by Gasteiger charge is -2.31. The van der Waals surface area contributed by atoms with Gasteiger partial charge in [0.25, 0.3) is 0 Å². The summed E-state index contributed by atoms with van der Waals surface area (Å²) < 4.78 is 0. The van der Waals surface area contributed by atoms with E-state index in [4.69, 9.17) is 23.2 Å². The molecule has 0 saturated carbocycles. The zero-order valence-corrected chi connectivity index (χ0v) is 18.3. The number of likely N-dealkylation sites (N-methyl/N-ethyl adjacent to an activating group) is 1. The van der Waals surface area contributed by atoms with Crippen LogP contribution >= 0.6 is 35.0 Å². The zero-order chi connectivity index (χ0) is 20.5. The molecule has 1 atom stereocenters. The van der Waals surface area contributed by atoms with Gasteiger partial charge in [-0.2, -0.15) is 0 Å². The molecule has 2 amide bonds. The normalized spacial score (nSPS) is 11.7. The van der Waals surface area contributed by atoms with E-state index < -0.39 is 6.04 Å². The molecule has 4 nitrogen and oxygen atoms in total. The van der Waals surface area contributed by atoms with E-state index in [0.29, 0.717) is 34.2 Å². The number of carbonyl (C=O) groups is 2. The van der Waals surface area contributed by atoms with Crippen LogP contribution < -0.4 is 5.32 Å². The summed E-state index contributed by atoms with van der Waals surface area (Å²) in [6.45, 7) is 2.08. The van der Waals surface area contributed by atoms with E-state index in [-0.39, 0.29) is 18.4 Å². The molecule has 1 unspecified atom stereocenters. The van der Waals surface area contributed by atoms with Gasteiger partial charge in [0.05, 0.1) is 0 Å². The fourth-order valence-electron chi connectivity index (χ4n) is 2.86. The summed E-state index contributed by atoms with van der Waals surface area (Å²) in [6.07, 6.45) is 0.814. The smallest absolute Gasteiger partial charge is 0.242 e. The minimum Gasteiger partial charge on any atom is -0.357 e. The van der Waals surface area contributed by atoms with Crippen molar-refractivity contribution in [3.8, 4) is 0 Å². The molecule has 0 aliphatic carbocycles. The number of hydrogen-bond acceptors (Lipinski definition) is 3. The summed E-state index contributed by atoms with van der Waals surface area (Å²) >= 11 is 14.2. The molecule has 0 aromatic heterocycles. The minimum absolute atomic E-state index is 0.102. The van der Waals surface area contributed by atoms with Crippen molar-refractivity contribution in [3.63, 3.8) is 0 Å². The van der Waals surface area contributed by atoms with Crippen LogP contribution in [0.3, 0.4) is 0 Å². The topological polar surface area (TPSA) is 49.4 Å². The molecule has 2 aromatic carbocycles. The Bertz CT molecular complexity index is 782. The largest absolute Gasteiger partial charge is 0.357 e. The van der Waals surface area contributed by atoms with Crippen LogP contribution in [-0.2, 0) is 16.1 Å². The number of thioether (sulfide) groups is 1. The first-order chi connectivity index (χ1) is 13.5. The number of amides is 2. The van der Waals surface area contributed by atoms with E-state index in [1.54, 1.807) is 41.9 Å². The van der Waals surface area contributed by atoms with E-state index in [1.807, 2.05) is 37.3 Å². The molecule has 1 N–H and O–H groups in total. The predicted molar refractivity (Wildman–Crippen MR) is 117 cm³/mol. The molecular formula is C21H24Cl2N2O2S. The van der Waals surface area contributed by atoms with Crippen LogP contribution in [0.5, 0.6) is 0 Å². The van der Waals surface area contributed by atoms with Crippen LogP contribution in [0.2, 0.25) is 10.0 Å². The second kappa shape index (κ2) is 11.3. The summed E-state index contributed by atoms with van der Waals surface area (Å²) in [4.78, 5) is 28.1. The molecule has 0 bridgehead atoms. The molecule has 2 aromatic rings. The molecule has 2 rings (SSSR count). The van der Waals surface area contributed by atoms with Crippen molar-refractivity contribution in [3.05, 3.63) is 64.1 Å². The molecule has 0 spiro atoms. The second-order valence-electron chi connectivity index (χ2n) is 6.17. The van der Waals surface area contributed by atoms with Crippen molar-refractivity contribution in [2.24, 2.45) is 0 Å². The molecule has 0 heterocycles. The first-order valence-electron chi connectivity index (χ1n) is 9.09. The van der Waals surface area contributed by atoms with Gasteiger partial charge in [0.1, 0.15) is 6.04 Å². The van der Waals surface area contributed by atoms with Crippen molar-refractivity contribution in [2.45, 2.75) is 37.2 Å². The second-order valence-corrected chi connectivity index (χ2v) is 8.15. The molecule has 150 valence electrons. The first-order valence-corrected chi connectivity index (χ1v) is 10.8. The lowest BCUT2D eigenvalue weighted by Crippen LogP contribution is -2.48. The molecule has 28 heavy (non-hydrogen) atoms. The molecule has 0 aliphatic rings. The maximum atomic E-state index is 13.0. The summed E-state index contributed by atoms with van der Waals surface area (Å²) in [5, 5.41) is 3.61. The van der Waals surface area contributed by atoms with Crippen molar-refractivity contribution in [2.75, 3.05) is 12.8 Å². The monoisotopic (exact) mass is 438 g/mol. The van der Waals surface area contributed by atoms with E-state index in [9.17, 15) is 9.59 Å². The number of carbonyl (C=O) groups excluding carboxylic acids is 2. The highest BCUT2D eigenvalue weighted by Crippen LogP contribution is 2.27. The van der Waals surface area contributed by atoms with Gasteiger partial charge >= 0.3 is 0 Å². The molecule has 0 aliphatic heterocycles. The molecule has 0 saturated heterocycles. The van der Waals surface area contributed by atoms with Crippen LogP contribution in [0.15, 0.2) is 53.4 Å².